The average Bonchev–Trinajstić information content (AvgIpc) is 2.75. The Morgan fingerprint density at radius 1 is 1.25 bits per heavy atom. The van der Waals surface area contributed by atoms with Crippen LogP contribution in [0.2, 0.25) is 5.15 Å². The van der Waals surface area contributed by atoms with Gasteiger partial charge < -0.3 is 0 Å². The van der Waals surface area contributed by atoms with Gasteiger partial charge in [-0.15, -0.1) is 0 Å². The number of aromatic nitrogens is 2. The third-order valence-electron chi connectivity index (χ3n) is 3.25. The van der Waals surface area contributed by atoms with Crippen molar-refractivity contribution in [2.45, 2.75) is 39.7 Å². The molecule has 1 aromatic heterocycles. The van der Waals surface area contributed by atoms with Crippen molar-refractivity contribution >= 4 is 17.9 Å². The largest absolute Gasteiger partial charge is 0.298 e. The molecule has 1 heterocycles. The first-order valence-corrected chi connectivity index (χ1v) is 7.09. The average molecular weight is 291 g/mol. The summed E-state index contributed by atoms with van der Waals surface area (Å²) in [7, 11) is 0. The Hall–Kier alpha value is -1.61. The van der Waals surface area contributed by atoms with Crippen LogP contribution in [0.25, 0.3) is 11.3 Å². The van der Waals surface area contributed by atoms with Crippen LogP contribution in [0.4, 0.5) is 0 Å². The van der Waals surface area contributed by atoms with Gasteiger partial charge in [-0.05, 0) is 32.8 Å². The van der Waals surface area contributed by atoms with E-state index in [0.717, 1.165) is 18.3 Å². The summed E-state index contributed by atoms with van der Waals surface area (Å²) in [6.07, 6.45) is 1.76. The molecule has 0 unspecified atom stereocenters. The Morgan fingerprint density at radius 3 is 2.30 bits per heavy atom. The number of hydrogen-bond acceptors (Lipinski definition) is 2. The summed E-state index contributed by atoms with van der Waals surface area (Å²) in [4.78, 5) is 11.3. The predicted octanol–water partition coefficient (Wildman–Crippen LogP) is 4.33. The van der Waals surface area contributed by atoms with Gasteiger partial charge in [0.15, 0.2) is 6.29 Å². The second-order valence-electron chi connectivity index (χ2n) is 5.80. The van der Waals surface area contributed by atoms with Crippen LogP contribution in [-0.4, -0.2) is 16.1 Å². The van der Waals surface area contributed by atoms with Gasteiger partial charge in [0.05, 0.1) is 11.1 Å². The van der Waals surface area contributed by atoms with Crippen molar-refractivity contribution < 1.29 is 4.79 Å². The summed E-state index contributed by atoms with van der Waals surface area (Å²) in [6, 6.07) is 8.07. The molecule has 2 aromatic rings. The second-order valence-corrected chi connectivity index (χ2v) is 6.16. The standard InChI is InChI=1S/C16H19ClN2O/c1-5-11-6-8-12(9-7-11)14-13(10-20)15(17)19(18-14)16(2,3)4/h6-10H,5H2,1-4H3. The summed E-state index contributed by atoms with van der Waals surface area (Å²) in [6.45, 7) is 8.12. The molecule has 0 saturated carbocycles. The SMILES string of the molecule is CCc1ccc(-c2nn(C(C)(C)C)c(Cl)c2C=O)cc1. The maximum absolute atomic E-state index is 11.3. The fourth-order valence-electron chi connectivity index (χ4n) is 2.07. The lowest BCUT2D eigenvalue weighted by atomic mass is 10.1. The number of hydrogen-bond donors (Lipinski definition) is 0. The zero-order chi connectivity index (χ0) is 14.9. The van der Waals surface area contributed by atoms with Gasteiger partial charge in [-0.25, -0.2) is 4.68 Å². The minimum absolute atomic E-state index is 0.267. The molecule has 0 spiro atoms. The molecule has 0 N–H and O–H groups in total. The highest BCUT2D eigenvalue weighted by molar-refractivity contribution is 6.32. The van der Waals surface area contributed by atoms with E-state index in [1.807, 2.05) is 45.0 Å². The Labute approximate surface area is 124 Å². The molecule has 0 aliphatic heterocycles. The molecule has 0 fully saturated rings. The van der Waals surface area contributed by atoms with Gasteiger partial charge >= 0.3 is 0 Å². The third-order valence-corrected chi connectivity index (χ3v) is 3.62. The zero-order valence-electron chi connectivity index (χ0n) is 12.3. The van der Waals surface area contributed by atoms with E-state index in [4.69, 9.17) is 11.6 Å². The highest BCUT2D eigenvalue weighted by Crippen LogP contribution is 2.31. The molecule has 0 aliphatic carbocycles. The first kappa shape index (κ1) is 14.8. The number of aryl methyl sites for hydroxylation is 1. The molecule has 3 nitrogen and oxygen atoms in total. The summed E-state index contributed by atoms with van der Waals surface area (Å²) in [5.74, 6) is 0. The van der Waals surface area contributed by atoms with Crippen molar-refractivity contribution in [3.8, 4) is 11.3 Å². The summed E-state index contributed by atoms with van der Waals surface area (Å²) < 4.78 is 1.70. The van der Waals surface area contributed by atoms with Gasteiger partial charge in [0, 0.05) is 5.56 Å². The summed E-state index contributed by atoms with van der Waals surface area (Å²) in [5.41, 5.74) is 2.99. The van der Waals surface area contributed by atoms with Gasteiger partial charge in [-0.1, -0.05) is 42.8 Å². The van der Waals surface area contributed by atoms with E-state index in [1.165, 1.54) is 5.56 Å². The number of halogens is 1. The predicted molar refractivity (Wildman–Crippen MR) is 82.4 cm³/mol. The first-order valence-electron chi connectivity index (χ1n) is 6.72. The van der Waals surface area contributed by atoms with Crippen molar-refractivity contribution in [1.82, 2.24) is 9.78 Å². The van der Waals surface area contributed by atoms with Gasteiger partial charge in [-0.3, -0.25) is 4.79 Å². The molecule has 0 amide bonds. The first-order chi connectivity index (χ1) is 9.38. The molecule has 1 aromatic carbocycles. The minimum Gasteiger partial charge on any atom is -0.298 e. The van der Waals surface area contributed by atoms with Crippen LogP contribution in [0.15, 0.2) is 24.3 Å². The second kappa shape index (κ2) is 5.41. The quantitative estimate of drug-likeness (QED) is 0.789. The van der Waals surface area contributed by atoms with Gasteiger partial charge in [-0.2, -0.15) is 5.10 Å². The number of carbonyl (C=O) groups excluding carboxylic acids is 1. The normalized spacial score (nSPS) is 11.7. The highest BCUT2D eigenvalue weighted by atomic mass is 35.5. The number of carbonyl (C=O) groups is 1. The summed E-state index contributed by atoms with van der Waals surface area (Å²) in [5, 5.41) is 4.92. The molecule has 4 heteroatoms. The topological polar surface area (TPSA) is 34.9 Å². The maximum Gasteiger partial charge on any atom is 0.155 e. The zero-order valence-corrected chi connectivity index (χ0v) is 13.0. The van der Waals surface area contributed by atoms with Crippen LogP contribution >= 0.6 is 11.6 Å². The molecular weight excluding hydrogens is 272 g/mol. The van der Waals surface area contributed by atoms with Crippen LogP contribution < -0.4 is 0 Å². The Morgan fingerprint density at radius 2 is 1.85 bits per heavy atom. The van der Waals surface area contributed by atoms with Crippen LogP contribution in [-0.2, 0) is 12.0 Å². The third kappa shape index (κ3) is 2.63. The number of benzene rings is 1. The van der Waals surface area contributed by atoms with Crippen molar-refractivity contribution in [3.05, 3.63) is 40.5 Å². The molecule has 2 rings (SSSR count). The van der Waals surface area contributed by atoms with Crippen molar-refractivity contribution in [1.29, 1.82) is 0 Å². The van der Waals surface area contributed by atoms with Gasteiger partial charge in [0.1, 0.15) is 10.8 Å². The van der Waals surface area contributed by atoms with Crippen LogP contribution in [0.1, 0.15) is 43.6 Å². The van der Waals surface area contributed by atoms with Crippen LogP contribution in [0, 0.1) is 0 Å². The monoisotopic (exact) mass is 290 g/mol. The molecule has 106 valence electrons. The van der Waals surface area contributed by atoms with Gasteiger partial charge in [0.2, 0.25) is 0 Å². The summed E-state index contributed by atoms with van der Waals surface area (Å²) >= 11 is 6.29. The van der Waals surface area contributed by atoms with E-state index in [0.29, 0.717) is 16.4 Å². The maximum atomic E-state index is 11.3. The Bertz CT molecular complexity index is 621. The molecule has 20 heavy (non-hydrogen) atoms. The number of aldehydes is 1. The molecule has 0 aliphatic rings. The fraction of sp³-hybridized carbons (Fsp3) is 0.375. The molecule has 0 bridgehead atoms. The molecule has 0 saturated heterocycles. The molecular formula is C16H19ClN2O. The minimum atomic E-state index is -0.267. The van der Waals surface area contributed by atoms with E-state index < -0.39 is 0 Å². The lowest BCUT2D eigenvalue weighted by molar-refractivity contribution is 0.112. The van der Waals surface area contributed by atoms with Crippen molar-refractivity contribution in [2.75, 3.05) is 0 Å². The van der Waals surface area contributed by atoms with Crippen molar-refractivity contribution in [2.24, 2.45) is 0 Å². The lowest BCUT2D eigenvalue weighted by Gasteiger charge is -2.20. The van der Waals surface area contributed by atoms with Gasteiger partial charge in [0.25, 0.3) is 0 Å². The Balaban J connectivity index is 2.58. The molecule has 0 radical (unpaired) electrons. The van der Waals surface area contributed by atoms with E-state index in [9.17, 15) is 4.79 Å². The smallest absolute Gasteiger partial charge is 0.155 e. The van der Waals surface area contributed by atoms with E-state index in [-0.39, 0.29) is 5.54 Å². The highest BCUT2D eigenvalue weighted by Gasteiger charge is 2.24. The van der Waals surface area contributed by atoms with Crippen LogP contribution in [0.3, 0.4) is 0 Å². The van der Waals surface area contributed by atoms with Crippen molar-refractivity contribution in [3.63, 3.8) is 0 Å². The fourth-order valence-corrected chi connectivity index (χ4v) is 2.50. The van der Waals surface area contributed by atoms with E-state index in [1.54, 1.807) is 4.68 Å². The number of nitrogens with zero attached hydrogens (tertiary/aromatic N) is 2. The van der Waals surface area contributed by atoms with E-state index >= 15 is 0 Å². The Kier molecular flexibility index (Phi) is 4.00. The lowest BCUT2D eigenvalue weighted by Crippen LogP contribution is -2.23. The number of rotatable bonds is 3. The molecule has 0 atom stereocenters. The van der Waals surface area contributed by atoms with E-state index in [2.05, 4.69) is 12.0 Å². The van der Waals surface area contributed by atoms with Crippen LogP contribution in [0.5, 0.6) is 0 Å².